The van der Waals surface area contributed by atoms with E-state index in [9.17, 15) is 4.79 Å². The first-order valence-corrected chi connectivity index (χ1v) is 8.25. The van der Waals surface area contributed by atoms with Gasteiger partial charge >= 0.3 is 0 Å². The van der Waals surface area contributed by atoms with Crippen LogP contribution in [0.3, 0.4) is 0 Å². The fraction of sp³-hybridized carbons (Fsp3) is 0.353. The average Bonchev–Trinajstić information content (AvgIpc) is 2.51. The molecule has 22 heavy (non-hydrogen) atoms. The predicted molar refractivity (Wildman–Crippen MR) is 90.0 cm³/mol. The molecule has 0 aliphatic heterocycles. The van der Waals surface area contributed by atoms with Crippen molar-refractivity contribution in [1.29, 1.82) is 0 Å². The van der Waals surface area contributed by atoms with Crippen molar-refractivity contribution < 1.29 is 4.79 Å². The third-order valence-electron chi connectivity index (χ3n) is 3.62. The molecule has 0 aliphatic rings. The van der Waals surface area contributed by atoms with Crippen molar-refractivity contribution >= 4 is 17.7 Å². The number of carbonyl (C=O) groups excluding carboxylic acids is 1. The molecule has 0 saturated carbocycles. The van der Waals surface area contributed by atoms with Gasteiger partial charge in [0.1, 0.15) is 0 Å². The molecule has 1 atom stereocenters. The molecule has 1 amide bonds. The van der Waals surface area contributed by atoms with Crippen LogP contribution < -0.4 is 5.32 Å². The normalized spacial score (nSPS) is 12.0. The van der Waals surface area contributed by atoms with Crippen molar-refractivity contribution in [3.05, 3.63) is 52.8 Å². The third-order valence-corrected chi connectivity index (χ3v) is 4.47. The summed E-state index contributed by atoms with van der Waals surface area (Å²) in [5, 5.41) is 3.65. The molecule has 0 unspecified atom stereocenters. The lowest BCUT2D eigenvalue weighted by molar-refractivity contribution is -0.119. The molecule has 0 saturated heterocycles. The monoisotopic (exact) mass is 315 g/mol. The Bertz CT molecular complexity index is 635. The lowest BCUT2D eigenvalue weighted by Gasteiger charge is -2.14. The summed E-state index contributed by atoms with van der Waals surface area (Å²) in [6.45, 7) is 7.92. The fourth-order valence-electron chi connectivity index (χ4n) is 2.04. The summed E-state index contributed by atoms with van der Waals surface area (Å²) >= 11 is 1.37. The van der Waals surface area contributed by atoms with Crippen LogP contribution in [0.2, 0.25) is 0 Å². The Labute approximate surface area is 135 Å². The molecular weight excluding hydrogens is 294 g/mol. The van der Waals surface area contributed by atoms with Gasteiger partial charge in [-0.05, 0) is 38.8 Å². The molecule has 1 heterocycles. The maximum absolute atomic E-state index is 12.0. The first-order chi connectivity index (χ1) is 10.5. The van der Waals surface area contributed by atoms with Gasteiger partial charge in [0, 0.05) is 11.4 Å². The van der Waals surface area contributed by atoms with Crippen molar-refractivity contribution in [3.8, 4) is 0 Å². The van der Waals surface area contributed by atoms with Gasteiger partial charge in [-0.1, -0.05) is 42.1 Å². The summed E-state index contributed by atoms with van der Waals surface area (Å²) in [5.41, 5.74) is 4.13. The van der Waals surface area contributed by atoms with Gasteiger partial charge < -0.3 is 5.32 Å². The molecule has 0 radical (unpaired) electrons. The van der Waals surface area contributed by atoms with E-state index in [0.717, 1.165) is 22.5 Å². The highest BCUT2D eigenvalue weighted by molar-refractivity contribution is 7.99. The van der Waals surface area contributed by atoms with Crippen molar-refractivity contribution in [1.82, 2.24) is 15.3 Å². The topological polar surface area (TPSA) is 54.9 Å². The van der Waals surface area contributed by atoms with E-state index >= 15 is 0 Å². The zero-order valence-electron chi connectivity index (χ0n) is 13.4. The standard InChI is InChI=1S/C17H21N3OS/c1-11-12(2)19-17(20-13(11)3)22-10-16(21)18-14(4)15-8-6-5-7-9-15/h5-9,14H,10H2,1-4H3,(H,18,21)/t14-/m1/s1. The van der Waals surface area contributed by atoms with E-state index in [0.29, 0.717) is 10.9 Å². The summed E-state index contributed by atoms with van der Waals surface area (Å²) in [7, 11) is 0. The Morgan fingerprint density at radius 3 is 2.32 bits per heavy atom. The van der Waals surface area contributed by atoms with Gasteiger partial charge in [0.2, 0.25) is 5.91 Å². The second kappa shape index (κ2) is 7.40. The maximum atomic E-state index is 12.0. The van der Waals surface area contributed by atoms with Crippen molar-refractivity contribution in [2.24, 2.45) is 0 Å². The minimum atomic E-state index is -0.0131. The third kappa shape index (κ3) is 4.31. The van der Waals surface area contributed by atoms with E-state index in [1.807, 2.05) is 58.0 Å². The number of rotatable bonds is 5. The molecule has 1 aromatic heterocycles. The molecule has 1 aromatic carbocycles. The average molecular weight is 315 g/mol. The van der Waals surface area contributed by atoms with Crippen LogP contribution in [0.15, 0.2) is 35.5 Å². The van der Waals surface area contributed by atoms with Crippen LogP contribution >= 0.6 is 11.8 Å². The van der Waals surface area contributed by atoms with Crippen LogP contribution in [-0.2, 0) is 4.79 Å². The van der Waals surface area contributed by atoms with Crippen molar-refractivity contribution in [2.75, 3.05) is 5.75 Å². The Balaban J connectivity index is 1.90. The first kappa shape index (κ1) is 16.5. The number of carbonyl (C=O) groups is 1. The Hall–Kier alpha value is -1.88. The summed E-state index contributed by atoms with van der Waals surface area (Å²) in [6, 6.07) is 9.92. The molecule has 5 heteroatoms. The zero-order valence-corrected chi connectivity index (χ0v) is 14.2. The second-order valence-electron chi connectivity index (χ2n) is 5.29. The van der Waals surface area contributed by atoms with E-state index < -0.39 is 0 Å². The quantitative estimate of drug-likeness (QED) is 0.679. The highest BCUT2D eigenvalue weighted by Crippen LogP contribution is 2.17. The number of benzene rings is 1. The van der Waals surface area contributed by atoms with Gasteiger partial charge in [-0.2, -0.15) is 0 Å². The SMILES string of the molecule is Cc1nc(SCC(=O)N[C@H](C)c2ccccc2)nc(C)c1C. The molecule has 0 spiro atoms. The first-order valence-electron chi connectivity index (χ1n) is 7.26. The van der Waals surface area contributed by atoms with Crippen LogP contribution in [0.1, 0.15) is 35.5 Å². The molecule has 116 valence electrons. The second-order valence-corrected chi connectivity index (χ2v) is 6.23. The number of hydrogen-bond acceptors (Lipinski definition) is 4. The van der Waals surface area contributed by atoms with Crippen LogP contribution in [0.4, 0.5) is 0 Å². The van der Waals surface area contributed by atoms with Gasteiger partial charge in [-0.3, -0.25) is 4.79 Å². The lowest BCUT2D eigenvalue weighted by atomic mass is 10.1. The zero-order chi connectivity index (χ0) is 16.1. The fourth-order valence-corrected chi connectivity index (χ4v) is 2.79. The number of aryl methyl sites for hydroxylation is 2. The highest BCUT2D eigenvalue weighted by atomic mass is 32.2. The van der Waals surface area contributed by atoms with E-state index in [4.69, 9.17) is 0 Å². The van der Waals surface area contributed by atoms with Gasteiger partial charge in [0.25, 0.3) is 0 Å². The number of nitrogens with one attached hydrogen (secondary N) is 1. The minimum absolute atomic E-state index is 0.00305. The van der Waals surface area contributed by atoms with Crippen LogP contribution in [0.5, 0.6) is 0 Å². The Morgan fingerprint density at radius 1 is 1.14 bits per heavy atom. The van der Waals surface area contributed by atoms with E-state index in [2.05, 4.69) is 15.3 Å². The summed E-state index contributed by atoms with van der Waals surface area (Å²) in [6.07, 6.45) is 0. The van der Waals surface area contributed by atoms with Crippen molar-refractivity contribution in [3.63, 3.8) is 0 Å². The van der Waals surface area contributed by atoms with Gasteiger partial charge in [0.15, 0.2) is 5.16 Å². The lowest BCUT2D eigenvalue weighted by Crippen LogP contribution is -2.28. The smallest absolute Gasteiger partial charge is 0.230 e. The number of aromatic nitrogens is 2. The molecule has 1 N–H and O–H groups in total. The maximum Gasteiger partial charge on any atom is 0.230 e. The molecule has 0 aliphatic carbocycles. The van der Waals surface area contributed by atoms with E-state index in [1.165, 1.54) is 11.8 Å². The van der Waals surface area contributed by atoms with Gasteiger partial charge in [-0.25, -0.2) is 9.97 Å². The summed E-state index contributed by atoms with van der Waals surface area (Å²) in [4.78, 5) is 20.9. The molecule has 2 aromatic rings. The Kier molecular flexibility index (Phi) is 5.55. The molecule has 0 bridgehead atoms. The minimum Gasteiger partial charge on any atom is -0.349 e. The van der Waals surface area contributed by atoms with E-state index in [1.54, 1.807) is 0 Å². The largest absolute Gasteiger partial charge is 0.349 e. The van der Waals surface area contributed by atoms with Crippen LogP contribution in [0.25, 0.3) is 0 Å². The molecule has 4 nitrogen and oxygen atoms in total. The van der Waals surface area contributed by atoms with Crippen LogP contribution in [0, 0.1) is 20.8 Å². The molecular formula is C17H21N3OS. The highest BCUT2D eigenvalue weighted by Gasteiger charge is 2.11. The number of nitrogens with zero attached hydrogens (tertiary/aromatic N) is 2. The van der Waals surface area contributed by atoms with Gasteiger partial charge in [0.05, 0.1) is 11.8 Å². The van der Waals surface area contributed by atoms with E-state index in [-0.39, 0.29) is 11.9 Å². The number of thioether (sulfide) groups is 1. The van der Waals surface area contributed by atoms with Crippen molar-refractivity contribution in [2.45, 2.75) is 38.9 Å². The summed E-state index contributed by atoms with van der Waals surface area (Å²) < 4.78 is 0. The molecule has 2 rings (SSSR count). The number of amides is 1. The predicted octanol–water partition coefficient (Wildman–Crippen LogP) is 3.37. The summed E-state index contributed by atoms with van der Waals surface area (Å²) in [5.74, 6) is 0.305. The Morgan fingerprint density at radius 2 is 1.73 bits per heavy atom. The number of hydrogen-bond donors (Lipinski definition) is 1. The molecule has 0 fully saturated rings. The van der Waals surface area contributed by atoms with Crippen LogP contribution in [-0.4, -0.2) is 21.6 Å². The van der Waals surface area contributed by atoms with Gasteiger partial charge in [-0.15, -0.1) is 0 Å².